The van der Waals surface area contributed by atoms with Gasteiger partial charge in [0.1, 0.15) is 11.3 Å². The Balaban J connectivity index is 1.49. The molecule has 170 valence electrons. The second-order valence-electron chi connectivity index (χ2n) is 9.37. The molecule has 0 amide bonds. The zero-order valence-electron chi connectivity index (χ0n) is 18.7. The second kappa shape index (κ2) is 8.53. The van der Waals surface area contributed by atoms with Crippen molar-refractivity contribution in [1.82, 2.24) is 0 Å². The lowest BCUT2D eigenvalue weighted by Crippen LogP contribution is -2.52. The SMILES string of the molecule is COc1ccc([C@@H]2Cc3ccccc3C23CCC(Nc2cccc(Br)c2)(C(=O)O)CC3)cc1. The average molecular weight is 506 g/mol. The van der Waals surface area contributed by atoms with E-state index in [-0.39, 0.29) is 5.41 Å². The van der Waals surface area contributed by atoms with E-state index in [2.05, 4.69) is 57.6 Å². The smallest absolute Gasteiger partial charge is 0.329 e. The van der Waals surface area contributed by atoms with Crippen molar-refractivity contribution in [2.75, 3.05) is 12.4 Å². The van der Waals surface area contributed by atoms with Crippen LogP contribution in [0.4, 0.5) is 5.69 Å². The van der Waals surface area contributed by atoms with E-state index >= 15 is 0 Å². The maximum absolute atomic E-state index is 12.5. The van der Waals surface area contributed by atoms with Crippen molar-refractivity contribution in [3.05, 3.63) is 94.0 Å². The number of ether oxygens (including phenoxy) is 1. The Labute approximate surface area is 203 Å². The Morgan fingerprint density at radius 2 is 1.73 bits per heavy atom. The van der Waals surface area contributed by atoms with Gasteiger partial charge in [-0.15, -0.1) is 0 Å². The van der Waals surface area contributed by atoms with Crippen LogP contribution in [0.25, 0.3) is 0 Å². The summed E-state index contributed by atoms with van der Waals surface area (Å²) in [7, 11) is 1.69. The summed E-state index contributed by atoms with van der Waals surface area (Å²) in [6.07, 6.45) is 3.80. The molecule has 0 heterocycles. The van der Waals surface area contributed by atoms with Crippen LogP contribution in [0.15, 0.2) is 77.3 Å². The third kappa shape index (κ3) is 3.82. The van der Waals surface area contributed by atoms with Gasteiger partial charge in [-0.1, -0.05) is 58.4 Å². The Morgan fingerprint density at radius 3 is 2.39 bits per heavy atom. The molecule has 1 saturated carbocycles. The first-order valence-electron chi connectivity index (χ1n) is 11.5. The maximum Gasteiger partial charge on any atom is 0.329 e. The van der Waals surface area contributed by atoms with Crippen molar-refractivity contribution in [3.8, 4) is 5.75 Å². The number of anilines is 1. The van der Waals surface area contributed by atoms with Crippen LogP contribution in [0.5, 0.6) is 5.75 Å². The van der Waals surface area contributed by atoms with Gasteiger partial charge in [-0.3, -0.25) is 0 Å². The zero-order chi connectivity index (χ0) is 23.1. The Bertz CT molecular complexity index is 1170. The molecule has 4 nitrogen and oxygen atoms in total. The fraction of sp³-hybridized carbons (Fsp3) is 0.321. The number of hydrogen-bond donors (Lipinski definition) is 2. The molecule has 2 N–H and O–H groups in total. The van der Waals surface area contributed by atoms with E-state index in [1.54, 1.807) is 7.11 Å². The summed E-state index contributed by atoms with van der Waals surface area (Å²) in [6.45, 7) is 0. The zero-order valence-corrected chi connectivity index (χ0v) is 20.3. The molecule has 2 aliphatic rings. The van der Waals surface area contributed by atoms with Crippen LogP contribution in [0.3, 0.4) is 0 Å². The second-order valence-corrected chi connectivity index (χ2v) is 10.3. The number of halogens is 1. The molecule has 1 atom stereocenters. The first kappa shape index (κ1) is 22.0. The summed E-state index contributed by atoms with van der Waals surface area (Å²) in [4.78, 5) is 12.5. The molecule has 5 heteroatoms. The first-order valence-corrected chi connectivity index (χ1v) is 12.2. The molecule has 0 unspecified atom stereocenters. The molecule has 3 aromatic carbocycles. The maximum atomic E-state index is 12.5. The van der Waals surface area contributed by atoms with Gasteiger partial charge in [-0.25, -0.2) is 4.79 Å². The van der Waals surface area contributed by atoms with Gasteiger partial charge in [0.15, 0.2) is 0 Å². The van der Waals surface area contributed by atoms with E-state index < -0.39 is 11.5 Å². The number of nitrogens with one attached hydrogen (secondary N) is 1. The van der Waals surface area contributed by atoms with Gasteiger partial charge < -0.3 is 15.2 Å². The van der Waals surface area contributed by atoms with Crippen molar-refractivity contribution < 1.29 is 14.6 Å². The minimum Gasteiger partial charge on any atom is -0.497 e. The van der Waals surface area contributed by atoms with E-state index in [4.69, 9.17) is 4.74 Å². The van der Waals surface area contributed by atoms with Gasteiger partial charge >= 0.3 is 5.97 Å². The fourth-order valence-corrected chi connectivity index (χ4v) is 6.43. The number of fused-ring (bicyclic) bond motifs is 2. The van der Waals surface area contributed by atoms with Gasteiger partial charge in [0.2, 0.25) is 0 Å². The van der Waals surface area contributed by atoms with Gasteiger partial charge in [0, 0.05) is 15.6 Å². The summed E-state index contributed by atoms with van der Waals surface area (Å²) in [5.74, 6) is 0.415. The average Bonchev–Trinajstić information content (AvgIpc) is 3.15. The molecule has 3 aromatic rings. The predicted molar refractivity (Wildman–Crippen MR) is 134 cm³/mol. The molecule has 5 rings (SSSR count). The lowest BCUT2D eigenvalue weighted by Gasteiger charge is -2.47. The summed E-state index contributed by atoms with van der Waals surface area (Å²) in [5, 5.41) is 13.7. The predicted octanol–water partition coefficient (Wildman–Crippen LogP) is 6.54. The van der Waals surface area contributed by atoms with Crippen molar-refractivity contribution in [2.45, 2.75) is 49.0 Å². The quantitative estimate of drug-likeness (QED) is 0.412. The molecule has 0 aliphatic heterocycles. The number of rotatable bonds is 5. The fourth-order valence-electron chi connectivity index (χ4n) is 6.04. The van der Waals surface area contributed by atoms with Crippen LogP contribution >= 0.6 is 15.9 Å². The van der Waals surface area contributed by atoms with E-state index in [0.29, 0.717) is 18.8 Å². The Kier molecular flexibility index (Phi) is 5.69. The highest BCUT2D eigenvalue weighted by Gasteiger charge is 2.54. The van der Waals surface area contributed by atoms with Gasteiger partial charge in [-0.2, -0.15) is 0 Å². The third-order valence-corrected chi connectivity index (χ3v) is 8.27. The van der Waals surface area contributed by atoms with Crippen molar-refractivity contribution in [1.29, 1.82) is 0 Å². The summed E-state index contributed by atoms with van der Waals surface area (Å²) in [6, 6.07) is 24.9. The molecular weight excluding hydrogens is 478 g/mol. The molecular formula is C28H28BrNO3. The number of carboxylic acids is 1. The third-order valence-electron chi connectivity index (χ3n) is 7.78. The van der Waals surface area contributed by atoms with E-state index in [1.165, 1.54) is 16.7 Å². The number of carbonyl (C=O) groups is 1. The van der Waals surface area contributed by atoms with Crippen LogP contribution in [-0.4, -0.2) is 23.7 Å². The number of benzene rings is 3. The van der Waals surface area contributed by atoms with Crippen LogP contribution in [0.2, 0.25) is 0 Å². The summed E-state index contributed by atoms with van der Waals surface area (Å²) < 4.78 is 6.31. The molecule has 2 aliphatic carbocycles. The monoisotopic (exact) mass is 505 g/mol. The lowest BCUT2D eigenvalue weighted by atomic mass is 9.59. The molecule has 0 saturated heterocycles. The van der Waals surface area contributed by atoms with Gasteiger partial charge in [0.25, 0.3) is 0 Å². The van der Waals surface area contributed by atoms with E-state index in [9.17, 15) is 9.90 Å². The standard InChI is InChI=1S/C28H28BrNO3/c1-33-23-11-9-19(10-12-23)25-17-20-5-2-3-8-24(20)27(25)13-15-28(16-14-27,26(31)32)30-22-7-4-6-21(29)18-22/h2-12,18,25,30H,13-17H2,1H3,(H,31,32)/t25-,27?,28?/m0/s1. The molecule has 0 radical (unpaired) electrons. The van der Waals surface area contributed by atoms with Crippen molar-refractivity contribution in [3.63, 3.8) is 0 Å². The molecule has 0 aromatic heterocycles. The van der Waals surface area contributed by atoms with E-state index in [1.807, 2.05) is 36.4 Å². The largest absolute Gasteiger partial charge is 0.497 e. The normalized spacial score (nSPS) is 26.1. The topological polar surface area (TPSA) is 58.6 Å². The summed E-state index contributed by atoms with van der Waals surface area (Å²) >= 11 is 3.50. The van der Waals surface area contributed by atoms with Crippen LogP contribution in [-0.2, 0) is 16.6 Å². The first-order chi connectivity index (χ1) is 16.0. The minimum atomic E-state index is -0.964. The Morgan fingerprint density at radius 1 is 1.00 bits per heavy atom. The van der Waals surface area contributed by atoms with Gasteiger partial charge in [0.05, 0.1) is 7.11 Å². The van der Waals surface area contributed by atoms with Crippen LogP contribution in [0.1, 0.15) is 48.3 Å². The van der Waals surface area contributed by atoms with Crippen molar-refractivity contribution in [2.24, 2.45) is 0 Å². The number of carboxylic acid groups (broad SMARTS) is 1. The molecule has 1 fully saturated rings. The number of aliphatic carboxylic acids is 1. The van der Waals surface area contributed by atoms with Crippen molar-refractivity contribution >= 4 is 27.6 Å². The van der Waals surface area contributed by atoms with E-state index in [0.717, 1.165) is 35.2 Å². The van der Waals surface area contributed by atoms with Gasteiger partial charge in [-0.05, 0) is 85.0 Å². The molecule has 0 bridgehead atoms. The Hall–Kier alpha value is -2.79. The summed E-state index contributed by atoms with van der Waals surface area (Å²) in [5.41, 5.74) is 3.90. The minimum absolute atomic E-state index is 0.0525. The highest BCUT2D eigenvalue weighted by Crippen LogP contribution is 2.58. The highest BCUT2D eigenvalue weighted by atomic mass is 79.9. The van der Waals surface area contributed by atoms with Crippen LogP contribution in [0, 0.1) is 0 Å². The number of hydrogen-bond acceptors (Lipinski definition) is 3. The lowest BCUT2D eigenvalue weighted by molar-refractivity contribution is -0.144. The molecule has 1 spiro atoms. The van der Waals surface area contributed by atoms with Crippen LogP contribution < -0.4 is 10.1 Å². The number of methoxy groups -OCH3 is 1. The molecule has 33 heavy (non-hydrogen) atoms. The highest BCUT2D eigenvalue weighted by molar-refractivity contribution is 9.10.